The molecule has 6 nitrogen and oxygen atoms in total. The van der Waals surface area contributed by atoms with Crippen molar-refractivity contribution in [2.24, 2.45) is 4.99 Å². The number of phenols is 1. The molecule has 0 radical (unpaired) electrons. The quantitative estimate of drug-likeness (QED) is 0.500. The molecule has 2 aromatic rings. The van der Waals surface area contributed by atoms with Crippen molar-refractivity contribution in [3.05, 3.63) is 59.2 Å². The first-order chi connectivity index (χ1) is 12.8. The molecule has 0 atom stereocenters. The maximum Gasteiger partial charge on any atom is 0.191 e. The molecule has 0 bridgehead atoms. The lowest BCUT2D eigenvalue weighted by Gasteiger charge is -2.12. The van der Waals surface area contributed by atoms with Crippen molar-refractivity contribution in [3.63, 3.8) is 0 Å². The standard InChI is InChI=1S/C20H27N3O3S/c1-4-21-20(22-11-10-16-6-5-7-18(24)13-16)23-14-17-8-9-19(15(2)12-17)27(3,25)26/h5-9,12-13,24H,4,10-11,14H2,1-3H3,(H2,21,22,23). The Morgan fingerprint density at radius 2 is 1.89 bits per heavy atom. The predicted molar refractivity (Wildman–Crippen MR) is 109 cm³/mol. The Hall–Kier alpha value is -2.54. The Morgan fingerprint density at radius 3 is 2.52 bits per heavy atom. The maximum atomic E-state index is 11.7. The van der Waals surface area contributed by atoms with Crippen LogP contribution in [0.4, 0.5) is 0 Å². The van der Waals surface area contributed by atoms with Gasteiger partial charge in [-0.2, -0.15) is 0 Å². The van der Waals surface area contributed by atoms with Crippen LogP contribution < -0.4 is 10.6 Å². The van der Waals surface area contributed by atoms with Gasteiger partial charge in [0.1, 0.15) is 5.75 Å². The highest BCUT2D eigenvalue weighted by Gasteiger charge is 2.10. The minimum Gasteiger partial charge on any atom is -0.508 e. The van der Waals surface area contributed by atoms with Crippen molar-refractivity contribution in [2.45, 2.75) is 31.7 Å². The van der Waals surface area contributed by atoms with E-state index < -0.39 is 9.84 Å². The Morgan fingerprint density at radius 1 is 1.11 bits per heavy atom. The summed E-state index contributed by atoms with van der Waals surface area (Å²) in [6.45, 7) is 5.66. The van der Waals surface area contributed by atoms with Gasteiger partial charge >= 0.3 is 0 Å². The Bertz CT molecular complexity index is 908. The molecule has 0 amide bonds. The average molecular weight is 390 g/mol. The van der Waals surface area contributed by atoms with Gasteiger partial charge < -0.3 is 15.7 Å². The fraction of sp³-hybridized carbons (Fsp3) is 0.350. The van der Waals surface area contributed by atoms with Gasteiger partial charge in [-0.15, -0.1) is 0 Å². The van der Waals surface area contributed by atoms with Crippen molar-refractivity contribution >= 4 is 15.8 Å². The second-order valence-electron chi connectivity index (χ2n) is 6.41. The first kappa shape index (κ1) is 20.8. The van der Waals surface area contributed by atoms with Crippen LogP contribution in [0.25, 0.3) is 0 Å². The van der Waals surface area contributed by atoms with Crippen LogP contribution in [-0.4, -0.2) is 38.8 Å². The Kier molecular flexibility index (Phi) is 7.24. The predicted octanol–water partition coefficient (Wildman–Crippen LogP) is 2.40. The highest BCUT2D eigenvalue weighted by Crippen LogP contribution is 2.17. The third-order valence-electron chi connectivity index (χ3n) is 4.02. The zero-order valence-corrected chi connectivity index (χ0v) is 16.8. The molecule has 3 N–H and O–H groups in total. The molecule has 0 aliphatic heterocycles. The minimum atomic E-state index is -3.21. The van der Waals surface area contributed by atoms with Crippen LogP contribution in [0.15, 0.2) is 52.4 Å². The summed E-state index contributed by atoms with van der Waals surface area (Å²) in [4.78, 5) is 4.91. The minimum absolute atomic E-state index is 0.265. The number of rotatable bonds is 7. The van der Waals surface area contributed by atoms with Gasteiger partial charge in [0.25, 0.3) is 0 Å². The summed E-state index contributed by atoms with van der Waals surface area (Å²) in [6.07, 6.45) is 1.98. The Labute approximate surface area is 161 Å². The molecule has 0 saturated heterocycles. The lowest BCUT2D eigenvalue weighted by Crippen LogP contribution is -2.38. The first-order valence-electron chi connectivity index (χ1n) is 8.89. The molecule has 0 aliphatic rings. The molecule has 0 aliphatic carbocycles. The lowest BCUT2D eigenvalue weighted by atomic mass is 10.1. The number of nitrogens with one attached hydrogen (secondary N) is 2. The van der Waals surface area contributed by atoms with Gasteiger partial charge in [0.15, 0.2) is 15.8 Å². The molecule has 0 unspecified atom stereocenters. The van der Waals surface area contributed by atoms with Gasteiger partial charge in [-0.3, -0.25) is 0 Å². The highest BCUT2D eigenvalue weighted by atomic mass is 32.2. The number of benzene rings is 2. The molecule has 2 rings (SSSR count). The van der Waals surface area contributed by atoms with Crippen LogP contribution in [0.3, 0.4) is 0 Å². The van der Waals surface area contributed by atoms with E-state index in [0.29, 0.717) is 23.9 Å². The molecule has 0 aromatic heterocycles. The summed E-state index contributed by atoms with van der Waals surface area (Å²) in [6, 6.07) is 12.5. The van der Waals surface area contributed by atoms with Crippen LogP contribution in [0.5, 0.6) is 5.75 Å². The van der Waals surface area contributed by atoms with Gasteiger partial charge in [-0.1, -0.05) is 24.3 Å². The smallest absolute Gasteiger partial charge is 0.191 e. The van der Waals surface area contributed by atoms with E-state index in [9.17, 15) is 13.5 Å². The number of hydrogen-bond donors (Lipinski definition) is 3. The summed E-state index contributed by atoms with van der Waals surface area (Å²) in [7, 11) is -3.21. The molecule has 27 heavy (non-hydrogen) atoms. The molecule has 0 fully saturated rings. The normalized spacial score (nSPS) is 12.0. The second-order valence-corrected chi connectivity index (χ2v) is 8.40. The molecular formula is C20H27N3O3S. The highest BCUT2D eigenvalue weighted by molar-refractivity contribution is 7.90. The zero-order chi connectivity index (χ0) is 19.9. The lowest BCUT2D eigenvalue weighted by molar-refractivity contribution is 0.474. The average Bonchev–Trinajstić information content (AvgIpc) is 2.58. The number of aryl methyl sites for hydroxylation is 1. The number of aromatic hydroxyl groups is 1. The molecule has 0 heterocycles. The fourth-order valence-corrected chi connectivity index (χ4v) is 3.73. The van der Waals surface area contributed by atoms with Crippen LogP contribution in [-0.2, 0) is 22.8 Å². The summed E-state index contributed by atoms with van der Waals surface area (Å²) in [5, 5.41) is 16.0. The summed E-state index contributed by atoms with van der Waals surface area (Å²) in [5.41, 5.74) is 2.72. The molecule has 146 valence electrons. The van der Waals surface area contributed by atoms with Gasteiger partial charge in [0.2, 0.25) is 0 Å². The van der Waals surface area contributed by atoms with E-state index in [1.165, 1.54) is 6.26 Å². The topological polar surface area (TPSA) is 90.8 Å². The van der Waals surface area contributed by atoms with E-state index in [0.717, 1.165) is 29.7 Å². The monoisotopic (exact) mass is 389 g/mol. The summed E-state index contributed by atoms with van der Waals surface area (Å²) in [5.74, 6) is 0.962. The zero-order valence-electron chi connectivity index (χ0n) is 16.0. The summed E-state index contributed by atoms with van der Waals surface area (Å²) >= 11 is 0. The second kappa shape index (κ2) is 9.41. The summed E-state index contributed by atoms with van der Waals surface area (Å²) < 4.78 is 23.4. The van der Waals surface area contributed by atoms with E-state index in [2.05, 4.69) is 15.6 Å². The largest absolute Gasteiger partial charge is 0.508 e. The van der Waals surface area contributed by atoms with E-state index in [4.69, 9.17) is 0 Å². The van der Waals surface area contributed by atoms with Crippen LogP contribution in [0.1, 0.15) is 23.6 Å². The number of aliphatic imine (C=N–C) groups is 1. The van der Waals surface area contributed by atoms with E-state index in [-0.39, 0.29) is 5.75 Å². The first-order valence-corrected chi connectivity index (χ1v) is 10.8. The van der Waals surface area contributed by atoms with Gasteiger partial charge in [-0.25, -0.2) is 13.4 Å². The van der Waals surface area contributed by atoms with Crippen molar-refractivity contribution in [1.29, 1.82) is 0 Å². The van der Waals surface area contributed by atoms with E-state index >= 15 is 0 Å². The third kappa shape index (κ3) is 6.60. The van der Waals surface area contributed by atoms with Crippen molar-refractivity contribution in [2.75, 3.05) is 19.3 Å². The van der Waals surface area contributed by atoms with Crippen LogP contribution in [0, 0.1) is 6.92 Å². The number of sulfone groups is 1. The SMILES string of the molecule is CCNC(=NCc1ccc(S(C)(=O)=O)c(C)c1)NCCc1cccc(O)c1. The van der Waals surface area contributed by atoms with Crippen molar-refractivity contribution in [3.8, 4) is 5.75 Å². The van der Waals surface area contributed by atoms with Gasteiger partial charge in [-0.05, 0) is 55.2 Å². The van der Waals surface area contributed by atoms with Crippen molar-refractivity contribution in [1.82, 2.24) is 10.6 Å². The van der Waals surface area contributed by atoms with E-state index in [1.54, 1.807) is 31.2 Å². The molecule has 7 heteroatoms. The Balaban J connectivity index is 1.99. The number of guanidine groups is 1. The van der Waals surface area contributed by atoms with Crippen LogP contribution in [0.2, 0.25) is 0 Å². The fourth-order valence-electron chi connectivity index (χ4n) is 2.78. The maximum absolute atomic E-state index is 11.7. The van der Waals surface area contributed by atoms with Gasteiger partial charge in [0.05, 0.1) is 11.4 Å². The third-order valence-corrected chi connectivity index (χ3v) is 5.28. The number of phenolic OH excluding ortho intramolecular Hbond substituents is 1. The molecular weight excluding hydrogens is 362 g/mol. The van der Waals surface area contributed by atoms with E-state index in [1.807, 2.05) is 25.1 Å². The van der Waals surface area contributed by atoms with Crippen LogP contribution >= 0.6 is 0 Å². The molecule has 2 aromatic carbocycles. The number of hydrogen-bond acceptors (Lipinski definition) is 4. The molecule has 0 saturated carbocycles. The van der Waals surface area contributed by atoms with Gasteiger partial charge in [0, 0.05) is 19.3 Å². The molecule has 0 spiro atoms. The number of nitrogens with zero attached hydrogens (tertiary/aromatic N) is 1. The van der Waals surface area contributed by atoms with Crippen molar-refractivity contribution < 1.29 is 13.5 Å².